The molecule has 2 bridgehead atoms. The number of fused-ring (bicyclic) bond motifs is 2. The van der Waals surface area contributed by atoms with Crippen molar-refractivity contribution < 1.29 is 24.2 Å². The highest BCUT2D eigenvalue weighted by Crippen LogP contribution is 2.37. The lowest BCUT2D eigenvalue weighted by Crippen LogP contribution is -2.50. The van der Waals surface area contributed by atoms with Crippen molar-refractivity contribution >= 4 is 18.0 Å². The second-order valence-corrected chi connectivity index (χ2v) is 5.44. The van der Waals surface area contributed by atoms with Crippen LogP contribution >= 0.6 is 0 Å². The summed E-state index contributed by atoms with van der Waals surface area (Å²) in [5, 5.41) is 11.6. The quantitative estimate of drug-likeness (QED) is 0.720. The monoisotopic (exact) mass is 284 g/mol. The van der Waals surface area contributed by atoms with Gasteiger partial charge in [0.2, 0.25) is 0 Å². The van der Waals surface area contributed by atoms with Gasteiger partial charge in [0.25, 0.3) is 0 Å². The van der Waals surface area contributed by atoms with Crippen LogP contribution < -0.4 is 5.32 Å². The molecular weight excluding hydrogens is 264 g/mol. The van der Waals surface area contributed by atoms with E-state index in [1.54, 1.807) is 4.90 Å². The molecule has 0 aromatic rings. The minimum Gasteiger partial charge on any atom is -0.480 e. The van der Waals surface area contributed by atoms with E-state index in [1.165, 1.54) is 7.11 Å². The first-order chi connectivity index (χ1) is 9.51. The summed E-state index contributed by atoms with van der Waals surface area (Å²) in [6, 6.07) is -1.15. The summed E-state index contributed by atoms with van der Waals surface area (Å²) in [5.41, 5.74) is 0. The van der Waals surface area contributed by atoms with Crippen molar-refractivity contribution in [2.45, 2.75) is 44.2 Å². The number of carbonyl (C=O) groups excluding carboxylic acids is 2. The van der Waals surface area contributed by atoms with Crippen molar-refractivity contribution in [1.29, 1.82) is 0 Å². The zero-order valence-corrected chi connectivity index (χ0v) is 11.5. The second-order valence-electron chi connectivity index (χ2n) is 5.44. The van der Waals surface area contributed by atoms with Crippen LogP contribution in [0.3, 0.4) is 0 Å². The summed E-state index contributed by atoms with van der Waals surface area (Å²) in [6.45, 7) is 0.708. The summed E-state index contributed by atoms with van der Waals surface area (Å²) in [5.74, 6) is -1.05. The second kappa shape index (κ2) is 6.11. The lowest BCUT2D eigenvalue weighted by molar-refractivity contribution is -0.142. The SMILES string of the molecule is COC(=O)CC[C@@H](NC(=O)N1CC2CCC1C2)C(=O)O. The highest BCUT2D eigenvalue weighted by molar-refractivity contribution is 5.83. The standard InChI is InChI=1S/C13H20N2O5/c1-20-11(16)5-4-10(12(17)18)14-13(19)15-7-8-2-3-9(15)6-8/h8-10H,2-7H2,1H3,(H,14,19)(H,17,18)/t8?,9?,10-/m1/s1. The molecule has 2 rings (SSSR count). The largest absolute Gasteiger partial charge is 0.480 e. The number of carbonyl (C=O) groups is 3. The fraction of sp³-hybridized carbons (Fsp3) is 0.769. The van der Waals surface area contributed by atoms with Gasteiger partial charge in [0.1, 0.15) is 6.04 Å². The van der Waals surface area contributed by atoms with Crippen LogP contribution in [0.1, 0.15) is 32.1 Å². The summed E-state index contributed by atoms with van der Waals surface area (Å²) in [7, 11) is 1.25. The maximum atomic E-state index is 12.1. The minimum atomic E-state index is -1.13. The number of aliphatic carboxylic acids is 1. The summed E-state index contributed by atoms with van der Waals surface area (Å²) in [6.07, 6.45) is 3.18. The molecule has 1 aliphatic carbocycles. The van der Waals surface area contributed by atoms with Crippen molar-refractivity contribution in [2.75, 3.05) is 13.7 Å². The molecule has 2 fully saturated rings. The fourth-order valence-electron chi connectivity index (χ4n) is 3.03. The van der Waals surface area contributed by atoms with E-state index in [4.69, 9.17) is 5.11 Å². The van der Waals surface area contributed by atoms with Gasteiger partial charge >= 0.3 is 18.0 Å². The Kier molecular flexibility index (Phi) is 4.46. The zero-order chi connectivity index (χ0) is 14.7. The number of hydrogen-bond donors (Lipinski definition) is 2. The third kappa shape index (κ3) is 3.20. The normalized spacial score (nSPS) is 25.4. The molecule has 2 unspecified atom stereocenters. The number of esters is 1. The number of likely N-dealkylation sites (tertiary alicyclic amines) is 1. The van der Waals surface area contributed by atoms with E-state index in [2.05, 4.69) is 10.1 Å². The molecule has 7 heteroatoms. The lowest BCUT2D eigenvalue weighted by Gasteiger charge is -2.28. The first-order valence-corrected chi connectivity index (χ1v) is 6.88. The molecule has 2 aliphatic rings. The third-order valence-electron chi connectivity index (χ3n) is 4.13. The van der Waals surface area contributed by atoms with Gasteiger partial charge in [0.05, 0.1) is 7.11 Å². The summed E-state index contributed by atoms with van der Waals surface area (Å²) >= 11 is 0. The van der Waals surface area contributed by atoms with E-state index in [0.717, 1.165) is 19.3 Å². The number of rotatable bonds is 5. The number of methoxy groups -OCH3 is 1. The Balaban J connectivity index is 1.86. The van der Waals surface area contributed by atoms with E-state index in [9.17, 15) is 14.4 Å². The van der Waals surface area contributed by atoms with Crippen molar-refractivity contribution in [3.05, 3.63) is 0 Å². The summed E-state index contributed by atoms with van der Waals surface area (Å²) in [4.78, 5) is 36.0. The number of nitrogens with zero attached hydrogens (tertiary/aromatic N) is 1. The van der Waals surface area contributed by atoms with Crippen LogP contribution in [0, 0.1) is 5.92 Å². The maximum absolute atomic E-state index is 12.1. The number of hydrogen-bond acceptors (Lipinski definition) is 4. The molecule has 1 saturated carbocycles. The van der Waals surface area contributed by atoms with Crippen LogP contribution in [0.4, 0.5) is 4.79 Å². The smallest absolute Gasteiger partial charge is 0.326 e. The molecular formula is C13H20N2O5. The maximum Gasteiger partial charge on any atom is 0.326 e. The highest BCUT2D eigenvalue weighted by atomic mass is 16.5. The van der Waals surface area contributed by atoms with Crippen LogP contribution in [0.5, 0.6) is 0 Å². The molecule has 1 saturated heterocycles. The first-order valence-electron chi connectivity index (χ1n) is 6.88. The molecule has 0 aromatic heterocycles. The van der Waals surface area contributed by atoms with E-state index in [0.29, 0.717) is 12.5 Å². The molecule has 0 aromatic carbocycles. The number of carboxylic acids is 1. The van der Waals surface area contributed by atoms with Gasteiger partial charge in [0.15, 0.2) is 0 Å². The van der Waals surface area contributed by atoms with Gasteiger partial charge in [-0.3, -0.25) is 4.79 Å². The average molecular weight is 284 g/mol. The Morgan fingerprint density at radius 1 is 1.40 bits per heavy atom. The Hall–Kier alpha value is -1.79. The molecule has 2 N–H and O–H groups in total. The average Bonchev–Trinajstić information content (AvgIpc) is 3.04. The van der Waals surface area contributed by atoms with E-state index >= 15 is 0 Å². The van der Waals surface area contributed by atoms with Crippen molar-refractivity contribution in [1.82, 2.24) is 10.2 Å². The fourth-order valence-corrected chi connectivity index (χ4v) is 3.03. The Labute approximate surface area is 117 Å². The van der Waals surface area contributed by atoms with Gasteiger partial charge in [-0.15, -0.1) is 0 Å². The number of amides is 2. The predicted octanol–water partition coefficient (Wildman–Crippen LogP) is 0.587. The number of urea groups is 1. The molecule has 2 amide bonds. The molecule has 3 atom stereocenters. The van der Waals surface area contributed by atoms with Crippen LogP contribution in [0.2, 0.25) is 0 Å². The molecule has 1 aliphatic heterocycles. The van der Waals surface area contributed by atoms with Gasteiger partial charge in [0, 0.05) is 19.0 Å². The molecule has 0 spiro atoms. The van der Waals surface area contributed by atoms with Crippen molar-refractivity contribution in [3.63, 3.8) is 0 Å². The number of carboxylic acid groups (broad SMARTS) is 1. The number of nitrogens with one attached hydrogen (secondary N) is 1. The van der Waals surface area contributed by atoms with E-state index in [-0.39, 0.29) is 24.9 Å². The van der Waals surface area contributed by atoms with Gasteiger partial charge < -0.3 is 20.1 Å². The van der Waals surface area contributed by atoms with Gasteiger partial charge in [-0.1, -0.05) is 0 Å². The Bertz CT molecular complexity index is 412. The van der Waals surface area contributed by atoms with Crippen molar-refractivity contribution in [3.8, 4) is 0 Å². The van der Waals surface area contributed by atoms with E-state index < -0.39 is 18.0 Å². The van der Waals surface area contributed by atoms with Crippen molar-refractivity contribution in [2.24, 2.45) is 5.92 Å². The van der Waals surface area contributed by atoms with Crippen LogP contribution in [0.15, 0.2) is 0 Å². The van der Waals surface area contributed by atoms with Gasteiger partial charge in [-0.25, -0.2) is 9.59 Å². The first kappa shape index (κ1) is 14.6. The highest BCUT2D eigenvalue weighted by Gasteiger charge is 2.41. The van der Waals surface area contributed by atoms with Crippen LogP contribution in [-0.4, -0.2) is 53.7 Å². The predicted molar refractivity (Wildman–Crippen MR) is 69.0 cm³/mol. The Morgan fingerprint density at radius 3 is 2.65 bits per heavy atom. The number of ether oxygens (including phenoxy) is 1. The molecule has 1 heterocycles. The molecule has 112 valence electrons. The Morgan fingerprint density at radius 2 is 2.15 bits per heavy atom. The third-order valence-corrected chi connectivity index (χ3v) is 4.13. The van der Waals surface area contributed by atoms with Crippen LogP contribution in [-0.2, 0) is 14.3 Å². The molecule has 20 heavy (non-hydrogen) atoms. The van der Waals surface area contributed by atoms with E-state index in [1.807, 2.05) is 0 Å². The van der Waals surface area contributed by atoms with Crippen LogP contribution in [0.25, 0.3) is 0 Å². The summed E-state index contributed by atoms with van der Waals surface area (Å²) < 4.78 is 4.47. The zero-order valence-electron chi connectivity index (χ0n) is 11.5. The van der Waals surface area contributed by atoms with Gasteiger partial charge in [-0.2, -0.15) is 0 Å². The lowest BCUT2D eigenvalue weighted by atomic mass is 10.1. The molecule has 7 nitrogen and oxygen atoms in total. The molecule has 0 radical (unpaired) electrons. The van der Waals surface area contributed by atoms with Gasteiger partial charge in [-0.05, 0) is 31.6 Å². The topological polar surface area (TPSA) is 95.9 Å². The minimum absolute atomic E-state index is 0.0280. The number of piperidine rings is 1.